The van der Waals surface area contributed by atoms with E-state index in [1.54, 1.807) is 0 Å². The molecule has 1 aromatic rings. The molecule has 8 heteroatoms. The number of aliphatic hydroxyl groups excluding tert-OH is 1. The number of halogens is 1. The summed E-state index contributed by atoms with van der Waals surface area (Å²) in [6, 6.07) is 1.50. The van der Waals surface area contributed by atoms with Crippen molar-refractivity contribution >= 4 is 39.3 Å². The lowest BCUT2D eigenvalue weighted by Crippen LogP contribution is -2.37. The van der Waals surface area contributed by atoms with Crippen LogP contribution < -0.4 is 10.6 Å². The van der Waals surface area contributed by atoms with E-state index in [9.17, 15) is 9.59 Å². The van der Waals surface area contributed by atoms with Gasteiger partial charge in [-0.05, 0) is 27.4 Å². The molecule has 0 aliphatic heterocycles. The SMILES string of the molecule is O=C(NCC[C@H](O)C(=O)O)NCc1sccc1Br. The highest BCUT2D eigenvalue weighted by Gasteiger charge is 2.12. The molecule has 0 fully saturated rings. The van der Waals surface area contributed by atoms with Crippen molar-refractivity contribution in [2.45, 2.75) is 19.1 Å². The number of carbonyl (C=O) groups excluding carboxylic acids is 1. The van der Waals surface area contributed by atoms with Crippen molar-refractivity contribution < 1.29 is 19.8 Å². The van der Waals surface area contributed by atoms with E-state index in [0.717, 1.165) is 9.35 Å². The molecule has 0 aliphatic carbocycles. The van der Waals surface area contributed by atoms with Crippen molar-refractivity contribution in [1.82, 2.24) is 10.6 Å². The molecule has 100 valence electrons. The van der Waals surface area contributed by atoms with Gasteiger partial charge in [-0.15, -0.1) is 11.3 Å². The number of amides is 2. The average molecular weight is 337 g/mol. The van der Waals surface area contributed by atoms with Gasteiger partial charge in [-0.25, -0.2) is 9.59 Å². The molecule has 0 aliphatic rings. The van der Waals surface area contributed by atoms with Gasteiger partial charge in [-0.2, -0.15) is 0 Å². The van der Waals surface area contributed by atoms with Gasteiger partial charge in [0, 0.05) is 22.3 Å². The van der Waals surface area contributed by atoms with Crippen LogP contribution in [0.25, 0.3) is 0 Å². The Labute approximate surface area is 116 Å². The van der Waals surface area contributed by atoms with Gasteiger partial charge in [-0.3, -0.25) is 0 Å². The Bertz CT molecular complexity index is 424. The molecule has 0 spiro atoms. The molecule has 4 N–H and O–H groups in total. The van der Waals surface area contributed by atoms with E-state index in [0.29, 0.717) is 6.54 Å². The van der Waals surface area contributed by atoms with E-state index in [-0.39, 0.29) is 13.0 Å². The molecule has 1 aromatic heterocycles. The van der Waals surface area contributed by atoms with E-state index in [4.69, 9.17) is 10.2 Å². The lowest BCUT2D eigenvalue weighted by molar-refractivity contribution is -0.146. The number of carboxylic acid groups (broad SMARTS) is 1. The Morgan fingerprint density at radius 1 is 1.44 bits per heavy atom. The molecule has 1 rings (SSSR count). The summed E-state index contributed by atoms with van der Waals surface area (Å²) in [6.07, 6.45) is -1.47. The Morgan fingerprint density at radius 3 is 2.72 bits per heavy atom. The van der Waals surface area contributed by atoms with Gasteiger partial charge in [0.05, 0.1) is 6.54 Å². The zero-order chi connectivity index (χ0) is 13.5. The van der Waals surface area contributed by atoms with Crippen LogP contribution in [-0.2, 0) is 11.3 Å². The summed E-state index contributed by atoms with van der Waals surface area (Å²) in [5, 5.41) is 24.4. The van der Waals surface area contributed by atoms with Gasteiger partial charge in [0.2, 0.25) is 0 Å². The molecule has 1 heterocycles. The Kier molecular flexibility index (Phi) is 6.10. The fraction of sp³-hybridized carbons (Fsp3) is 0.400. The minimum atomic E-state index is -1.45. The second-order valence-corrected chi connectivity index (χ2v) is 5.30. The van der Waals surface area contributed by atoms with Crippen LogP contribution in [-0.4, -0.2) is 34.9 Å². The topological polar surface area (TPSA) is 98.7 Å². The number of carboxylic acids is 1. The number of nitrogens with one attached hydrogen (secondary N) is 2. The Balaban J connectivity index is 2.19. The molecule has 0 aromatic carbocycles. The zero-order valence-electron chi connectivity index (χ0n) is 9.35. The summed E-state index contributed by atoms with van der Waals surface area (Å²) >= 11 is 4.86. The van der Waals surface area contributed by atoms with Gasteiger partial charge >= 0.3 is 12.0 Å². The Morgan fingerprint density at radius 2 is 2.17 bits per heavy atom. The lowest BCUT2D eigenvalue weighted by Gasteiger charge is -2.08. The highest BCUT2D eigenvalue weighted by Crippen LogP contribution is 2.21. The van der Waals surface area contributed by atoms with Gasteiger partial charge < -0.3 is 20.8 Å². The fourth-order valence-corrected chi connectivity index (χ4v) is 2.55. The quantitative estimate of drug-likeness (QED) is 0.626. The summed E-state index contributed by atoms with van der Waals surface area (Å²) in [5.41, 5.74) is 0. The van der Waals surface area contributed by atoms with Crippen molar-refractivity contribution in [3.8, 4) is 0 Å². The number of carbonyl (C=O) groups is 2. The molecular weight excluding hydrogens is 324 g/mol. The molecule has 0 saturated heterocycles. The minimum Gasteiger partial charge on any atom is -0.479 e. The summed E-state index contributed by atoms with van der Waals surface area (Å²) in [7, 11) is 0. The summed E-state index contributed by atoms with van der Waals surface area (Å²) in [4.78, 5) is 22.6. The van der Waals surface area contributed by atoms with Crippen LogP contribution in [0, 0.1) is 0 Å². The first-order valence-corrected chi connectivity index (χ1v) is 6.82. The number of aliphatic carboxylic acids is 1. The third-order valence-electron chi connectivity index (χ3n) is 2.09. The summed E-state index contributed by atoms with van der Waals surface area (Å²) < 4.78 is 0.939. The number of aliphatic hydroxyl groups is 1. The van der Waals surface area contributed by atoms with Crippen LogP contribution in [0.1, 0.15) is 11.3 Å². The first-order valence-electron chi connectivity index (χ1n) is 5.15. The largest absolute Gasteiger partial charge is 0.479 e. The molecule has 0 bridgehead atoms. The molecule has 18 heavy (non-hydrogen) atoms. The predicted octanol–water partition coefficient (Wildman–Crippen LogP) is 1.15. The molecule has 6 nitrogen and oxygen atoms in total. The fourth-order valence-electron chi connectivity index (χ4n) is 1.12. The average Bonchev–Trinajstić information content (AvgIpc) is 2.72. The second kappa shape index (κ2) is 7.34. The van der Waals surface area contributed by atoms with E-state index < -0.39 is 18.1 Å². The third kappa shape index (κ3) is 5.03. The van der Waals surface area contributed by atoms with Crippen molar-refractivity contribution in [3.63, 3.8) is 0 Å². The lowest BCUT2D eigenvalue weighted by atomic mass is 10.2. The highest BCUT2D eigenvalue weighted by atomic mass is 79.9. The zero-order valence-corrected chi connectivity index (χ0v) is 11.8. The molecule has 0 unspecified atom stereocenters. The van der Waals surface area contributed by atoms with Gasteiger partial charge in [0.15, 0.2) is 6.10 Å². The normalized spacial score (nSPS) is 11.9. The van der Waals surface area contributed by atoms with E-state index in [1.807, 2.05) is 11.4 Å². The maximum absolute atomic E-state index is 11.3. The van der Waals surface area contributed by atoms with Gasteiger partial charge in [0.25, 0.3) is 0 Å². The molecule has 2 amide bonds. The number of thiophene rings is 1. The van der Waals surface area contributed by atoms with Crippen LogP contribution in [0.4, 0.5) is 4.79 Å². The van der Waals surface area contributed by atoms with E-state index in [1.165, 1.54) is 11.3 Å². The first kappa shape index (κ1) is 14.9. The predicted molar refractivity (Wildman–Crippen MR) is 70.5 cm³/mol. The van der Waals surface area contributed by atoms with Gasteiger partial charge in [-0.1, -0.05) is 0 Å². The summed E-state index contributed by atoms with van der Waals surface area (Å²) in [5.74, 6) is -1.29. The molecule has 1 atom stereocenters. The molecule has 0 saturated carbocycles. The van der Waals surface area contributed by atoms with Crippen molar-refractivity contribution in [3.05, 3.63) is 20.8 Å². The minimum absolute atomic E-state index is 0.0224. The third-order valence-corrected chi connectivity index (χ3v) is 4.02. The number of hydrogen-bond acceptors (Lipinski definition) is 4. The van der Waals surface area contributed by atoms with Crippen LogP contribution in [0.15, 0.2) is 15.9 Å². The first-order chi connectivity index (χ1) is 8.50. The maximum atomic E-state index is 11.3. The van der Waals surface area contributed by atoms with E-state index >= 15 is 0 Å². The summed E-state index contributed by atoms with van der Waals surface area (Å²) in [6.45, 7) is 0.497. The monoisotopic (exact) mass is 336 g/mol. The highest BCUT2D eigenvalue weighted by molar-refractivity contribution is 9.10. The van der Waals surface area contributed by atoms with Crippen LogP contribution in [0.3, 0.4) is 0 Å². The second-order valence-electron chi connectivity index (χ2n) is 3.44. The number of urea groups is 1. The maximum Gasteiger partial charge on any atom is 0.332 e. The molecular formula is C10H13BrN2O4S. The number of hydrogen-bond donors (Lipinski definition) is 4. The van der Waals surface area contributed by atoms with Crippen molar-refractivity contribution in [2.75, 3.05) is 6.54 Å². The molecule has 0 radical (unpaired) electrons. The van der Waals surface area contributed by atoms with Crippen LogP contribution >= 0.6 is 27.3 Å². The number of rotatable bonds is 6. The standard InChI is InChI=1S/C10H13BrN2O4S/c11-6-2-4-18-8(6)5-13-10(17)12-3-1-7(14)9(15)16/h2,4,7,14H,1,3,5H2,(H,15,16)(H2,12,13,17)/t7-/m0/s1. The Hall–Kier alpha value is -1.12. The van der Waals surface area contributed by atoms with Crippen LogP contribution in [0.2, 0.25) is 0 Å². The smallest absolute Gasteiger partial charge is 0.332 e. The van der Waals surface area contributed by atoms with Crippen molar-refractivity contribution in [1.29, 1.82) is 0 Å². The van der Waals surface area contributed by atoms with Gasteiger partial charge in [0.1, 0.15) is 0 Å². The van der Waals surface area contributed by atoms with Crippen LogP contribution in [0.5, 0.6) is 0 Å². The van der Waals surface area contributed by atoms with E-state index in [2.05, 4.69) is 26.6 Å². The van der Waals surface area contributed by atoms with Crippen molar-refractivity contribution in [2.24, 2.45) is 0 Å².